The van der Waals surface area contributed by atoms with Crippen LogP contribution >= 0.6 is 0 Å². The van der Waals surface area contributed by atoms with Gasteiger partial charge in [-0.15, -0.1) is 0 Å². The van der Waals surface area contributed by atoms with Crippen LogP contribution in [0.3, 0.4) is 0 Å². The van der Waals surface area contributed by atoms with Gasteiger partial charge in [-0.25, -0.2) is 9.97 Å². The van der Waals surface area contributed by atoms with E-state index < -0.39 is 0 Å². The summed E-state index contributed by atoms with van der Waals surface area (Å²) in [6.07, 6.45) is 5.56. The van der Waals surface area contributed by atoms with Crippen molar-refractivity contribution in [1.29, 1.82) is 0 Å². The highest BCUT2D eigenvalue weighted by Gasteiger charge is 2.10. The molecule has 2 N–H and O–H groups in total. The van der Waals surface area contributed by atoms with Gasteiger partial charge in [0.25, 0.3) is 0 Å². The minimum atomic E-state index is -0.0377. The molecule has 27 heavy (non-hydrogen) atoms. The molecule has 0 radical (unpaired) electrons. The molecule has 0 saturated carbocycles. The minimum absolute atomic E-state index is 0.0377. The molecule has 1 amide bonds. The van der Waals surface area contributed by atoms with E-state index in [9.17, 15) is 9.90 Å². The van der Waals surface area contributed by atoms with Gasteiger partial charge < -0.3 is 10.4 Å². The Kier molecular flexibility index (Phi) is 6.15. The number of aromatic nitrogens is 2. The Labute approximate surface area is 159 Å². The standard InChI is InChI=1S/C22H23N3O2/c1-16(10-11-17-6-3-2-4-7-17)12-21(27)25-19-14-23-22(24-15-19)18-8-5-9-20(26)13-18/h2-9,13-16,26H,10-12H2,1H3,(H,25,27). The normalized spacial score (nSPS) is 11.7. The largest absolute Gasteiger partial charge is 0.508 e. The van der Waals surface area contributed by atoms with Crippen molar-refractivity contribution in [1.82, 2.24) is 9.97 Å². The lowest BCUT2D eigenvalue weighted by molar-refractivity contribution is -0.117. The molecular formula is C22H23N3O2. The van der Waals surface area contributed by atoms with E-state index >= 15 is 0 Å². The molecule has 2 aromatic carbocycles. The summed E-state index contributed by atoms with van der Waals surface area (Å²) in [5.41, 5.74) is 2.59. The fourth-order valence-electron chi connectivity index (χ4n) is 2.87. The number of nitrogens with one attached hydrogen (secondary N) is 1. The van der Waals surface area contributed by atoms with Crippen LogP contribution in [0.4, 0.5) is 5.69 Å². The van der Waals surface area contributed by atoms with E-state index in [1.807, 2.05) is 24.3 Å². The van der Waals surface area contributed by atoms with Crippen molar-refractivity contribution in [2.45, 2.75) is 26.2 Å². The molecule has 0 aliphatic heterocycles. The Morgan fingerprint density at radius 3 is 2.52 bits per heavy atom. The number of phenolic OH excluding ortho intramolecular Hbond substituents is 1. The van der Waals surface area contributed by atoms with Gasteiger partial charge in [-0.05, 0) is 36.5 Å². The maximum atomic E-state index is 12.2. The Balaban J connectivity index is 1.50. The van der Waals surface area contributed by atoms with Crippen molar-refractivity contribution in [3.63, 3.8) is 0 Å². The van der Waals surface area contributed by atoms with Crippen LogP contribution < -0.4 is 5.32 Å². The molecule has 0 spiro atoms. The van der Waals surface area contributed by atoms with E-state index in [0.717, 1.165) is 18.4 Å². The number of benzene rings is 2. The number of phenols is 1. The molecule has 0 aliphatic rings. The van der Waals surface area contributed by atoms with Crippen molar-refractivity contribution < 1.29 is 9.90 Å². The molecule has 1 aromatic heterocycles. The molecule has 138 valence electrons. The summed E-state index contributed by atoms with van der Waals surface area (Å²) in [5.74, 6) is 0.917. The number of hydrogen-bond donors (Lipinski definition) is 2. The van der Waals surface area contributed by atoms with Crippen LogP contribution in [0.25, 0.3) is 11.4 Å². The maximum Gasteiger partial charge on any atom is 0.224 e. The van der Waals surface area contributed by atoms with Gasteiger partial charge in [-0.1, -0.05) is 49.4 Å². The molecular weight excluding hydrogens is 338 g/mol. The van der Waals surface area contributed by atoms with Crippen LogP contribution in [0.15, 0.2) is 67.0 Å². The van der Waals surface area contributed by atoms with E-state index in [-0.39, 0.29) is 17.6 Å². The van der Waals surface area contributed by atoms with Gasteiger partial charge >= 0.3 is 0 Å². The zero-order chi connectivity index (χ0) is 19.1. The second kappa shape index (κ2) is 8.94. The van der Waals surface area contributed by atoms with Gasteiger partial charge in [0.1, 0.15) is 5.75 Å². The summed E-state index contributed by atoms with van der Waals surface area (Å²) in [5, 5.41) is 12.4. The smallest absolute Gasteiger partial charge is 0.224 e. The molecule has 0 saturated heterocycles. The second-order valence-electron chi connectivity index (χ2n) is 6.73. The SMILES string of the molecule is CC(CCc1ccccc1)CC(=O)Nc1cnc(-c2cccc(O)c2)nc1. The number of rotatable bonds is 7. The average Bonchev–Trinajstić information content (AvgIpc) is 2.68. The molecule has 1 atom stereocenters. The first kappa shape index (κ1) is 18.6. The fraction of sp³-hybridized carbons (Fsp3) is 0.227. The summed E-state index contributed by atoms with van der Waals surface area (Å²) >= 11 is 0. The van der Waals surface area contributed by atoms with Crippen LogP contribution in [0.5, 0.6) is 5.75 Å². The number of aryl methyl sites for hydroxylation is 1. The molecule has 1 unspecified atom stereocenters. The summed E-state index contributed by atoms with van der Waals surface area (Å²) in [7, 11) is 0. The summed E-state index contributed by atoms with van der Waals surface area (Å²) in [6, 6.07) is 17.0. The first-order chi connectivity index (χ1) is 13.1. The zero-order valence-corrected chi connectivity index (χ0v) is 15.3. The van der Waals surface area contributed by atoms with Crippen molar-refractivity contribution in [3.05, 3.63) is 72.6 Å². The van der Waals surface area contributed by atoms with E-state index in [1.165, 1.54) is 5.56 Å². The number of anilines is 1. The van der Waals surface area contributed by atoms with E-state index in [0.29, 0.717) is 17.9 Å². The topological polar surface area (TPSA) is 75.1 Å². The van der Waals surface area contributed by atoms with Gasteiger partial charge in [-0.3, -0.25) is 4.79 Å². The monoisotopic (exact) mass is 361 g/mol. The predicted octanol–water partition coefficient (Wildman–Crippen LogP) is 4.45. The van der Waals surface area contributed by atoms with Crippen LogP contribution in [-0.2, 0) is 11.2 Å². The quantitative estimate of drug-likeness (QED) is 0.652. The van der Waals surface area contributed by atoms with Gasteiger partial charge in [-0.2, -0.15) is 0 Å². The van der Waals surface area contributed by atoms with E-state index in [2.05, 4.69) is 34.3 Å². The number of amides is 1. The first-order valence-electron chi connectivity index (χ1n) is 9.05. The Bertz CT molecular complexity index is 880. The highest BCUT2D eigenvalue weighted by atomic mass is 16.3. The lowest BCUT2D eigenvalue weighted by Gasteiger charge is -2.11. The molecule has 0 bridgehead atoms. The lowest BCUT2D eigenvalue weighted by Crippen LogP contribution is -2.16. The summed E-state index contributed by atoms with van der Waals surface area (Å²) in [4.78, 5) is 20.8. The molecule has 5 nitrogen and oxygen atoms in total. The number of carbonyl (C=O) groups excluding carboxylic acids is 1. The highest BCUT2D eigenvalue weighted by Crippen LogP contribution is 2.20. The first-order valence-corrected chi connectivity index (χ1v) is 9.05. The highest BCUT2D eigenvalue weighted by molar-refractivity contribution is 5.90. The Morgan fingerprint density at radius 2 is 1.81 bits per heavy atom. The van der Waals surface area contributed by atoms with Gasteiger partial charge in [0.2, 0.25) is 5.91 Å². The number of nitrogens with zero attached hydrogens (tertiary/aromatic N) is 2. The molecule has 5 heteroatoms. The van der Waals surface area contributed by atoms with Crippen LogP contribution in [0.2, 0.25) is 0 Å². The van der Waals surface area contributed by atoms with Gasteiger partial charge in [0, 0.05) is 12.0 Å². The minimum Gasteiger partial charge on any atom is -0.508 e. The fourth-order valence-corrected chi connectivity index (χ4v) is 2.87. The number of hydrogen-bond acceptors (Lipinski definition) is 4. The van der Waals surface area contributed by atoms with Crippen molar-refractivity contribution in [2.75, 3.05) is 5.32 Å². The molecule has 3 aromatic rings. The Morgan fingerprint density at radius 1 is 1.07 bits per heavy atom. The van der Waals surface area contributed by atoms with E-state index in [1.54, 1.807) is 30.6 Å². The lowest BCUT2D eigenvalue weighted by atomic mass is 9.98. The van der Waals surface area contributed by atoms with Crippen molar-refractivity contribution >= 4 is 11.6 Å². The van der Waals surface area contributed by atoms with Crippen LogP contribution in [-0.4, -0.2) is 21.0 Å². The average molecular weight is 361 g/mol. The third-order valence-corrected chi connectivity index (χ3v) is 4.34. The van der Waals surface area contributed by atoms with Crippen LogP contribution in [0, 0.1) is 5.92 Å². The van der Waals surface area contributed by atoms with Crippen molar-refractivity contribution in [2.24, 2.45) is 5.92 Å². The Hall–Kier alpha value is -3.21. The van der Waals surface area contributed by atoms with Crippen LogP contribution in [0.1, 0.15) is 25.3 Å². The molecule has 0 fully saturated rings. The third-order valence-electron chi connectivity index (χ3n) is 4.34. The number of aromatic hydroxyl groups is 1. The summed E-state index contributed by atoms with van der Waals surface area (Å²) in [6.45, 7) is 2.09. The maximum absolute atomic E-state index is 12.2. The molecule has 3 rings (SSSR count). The molecule has 1 heterocycles. The van der Waals surface area contributed by atoms with Crippen molar-refractivity contribution in [3.8, 4) is 17.1 Å². The van der Waals surface area contributed by atoms with Gasteiger partial charge in [0.05, 0.1) is 18.1 Å². The molecule has 0 aliphatic carbocycles. The van der Waals surface area contributed by atoms with E-state index in [4.69, 9.17) is 0 Å². The number of carbonyl (C=O) groups is 1. The zero-order valence-electron chi connectivity index (χ0n) is 15.3. The second-order valence-corrected chi connectivity index (χ2v) is 6.73. The predicted molar refractivity (Wildman–Crippen MR) is 106 cm³/mol. The third kappa shape index (κ3) is 5.64. The van der Waals surface area contributed by atoms with Gasteiger partial charge in [0.15, 0.2) is 5.82 Å². The summed E-state index contributed by atoms with van der Waals surface area (Å²) < 4.78 is 0.